The van der Waals surface area contributed by atoms with Crippen LogP contribution in [0.15, 0.2) is 85.1 Å². The molecular weight excluding hydrogens is 570 g/mol. The van der Waals surface area contributed by atoms with E-state index in [0.29, 0.717) is 34.7 Å². The van der Waals surface area contributed by atoms with E-state index in [9.17, 15) is 35.4 Å². The quantitative estimate of drug-likeness (QED) is 0.154. The second-order valence-electron chi connectivity index (χ2n) is 10.5. The first-order valence-electron chi connectivity index (χ1n) is 13.8. The summed E-state index contributed by atoms with van der Waals surface area (Å²) < 4.78 is 13.2. The van der Waals surface area contributed by atoms with Crippen molar-refractivity contribution >= 4 is 11.6 Å². The van der Waals surface area contributed by atoms with Crippen LogP contribution in [0.3, 0.4) is 0 Å². The Bertz CT molecular complexity index is 1780. The third-order valence-corrected chi connectivity index (χ3v) is 7.43. The van der Waals surface area contributed by atoms with Crippen molar-refractivity contribution in [3.63, 3.8) is 0 Å². The summed E-state index contributed by atoms with van der Waals surface area (Å²) in [5.41, 5.74) is 4.27. The summed E-state index contributed by atoms with van der Waals surface area (Å²) in [5, 5.41) is 60.6. The third kappa shape index (κ3) is 5.79. The van der Waals surface area contributed by atoms with Gasteiger partial charge in [-0.2, -0.15) is 0 Å². The molecule has 2 aromatic heterocycles. The smallest absolute Gasteiger partial charge is 0.335 e. The number of phenolic OH excluding ortho intramolecular Hbond substituents is 2. The molecule has 226 valence electrons. The summed E-state index contributed by atoms with van der Waals surface area (Å²) >= 11 is 0. The fourth-order valence-corrected chi connectivity index (χ4v) is 5.12. The van der Waals surface area contributed by atoms with Gasteiger partial charge in [0.25, 0.3) is 0 Å². The number of benzene rings is 3. The molecule has 5 aromatic rings. The zero-order chi connectivity index (χ0) is 31.0. The number of carbonyl (C=O) groups is 1. The van der Waals surface area contributed by atoms with E-state index in [1.54, 1.807) is 34.9 Å². The zero-order valence-corrected chi connectivity index (χ0v) is 23.1. The molecule has 0 aliphatic carbocycles. The topological polar surface area (TPSA) is 187 Å². The van der Waals surface area contributed by atoms with E-state index in [1.807, 2.05) is 30.3 Å². The maximum absolute atomic E-state index is 11.8. The minimum atomic E-state index is -1.89. The fraction of sp³-hybridized carbons (Fsp3) is 0.219. The maximum Gasteiger partial charge on any atom is 0.335 e. The number of nitrogens with zero attached hydrogens (tertiary/aromatic N) is 3. The summed E-state index contributed by atoms with van der Waals surface area (Å²) in [6, 6.07) is 22.6. The SMILES string of the molecule is O=C(O)C1O[C@@H](Oc2c(Cc3ccc(O)cc3)nc3c(Cc4ccccc4)nc(-c4ccc(O)cc4)cn23)C(O)C(O)[C@@H]1O. The minimum absolute atomic E-state index is 0.0825. The van der Waals surface area contributed by atoms with Crippen LogP contribution < -0.4 is 4.74 Å². The first-order chi connectivity index (χ1) is 21.2. The number of imidazole rings is 1. The van der Waals surface area contributed by atoms with Crippen LogP contribution in [0.4, 0.5) is 0 Å². The number of rotatable bonds is 8. The van der Waals surface area contributed by atoms with Crippen LogP contribution in [0.2, 0.25) is 0 Å². The van der Waals surface area contributed by atoms with Gasteiger partial charge in [0.15, 0.2) is 11.8 Å². The largest absolute Gasteiger partial charge is 0.508 e. The Morgan fingerprint density at radius 3 is 2.05 bits per heavy atom. The van der Waals surface area contributed by atoms with Crippen LogP contribution >= 0.6 is 0 Å². The van der Waals surface area contributed by atoms with Crippen LogP contribution in [0, 0.1) is 0 Å². The predicted molar refractivity (Wildman–Crippen MR) is 155 cm³/mol. The number of aliphatic hydroxyl groups excluding tert-OH is 3. The number of hydrogen-bond donors (Lipinski definition) is 6. The highest BCUT2D eigenvalue weighted by atomic mass is 16.7. The lowest BCUT2D eigenvalue weighted by Crippen LogP contribution is -2.61. The number of aromatic hydroxyl groups is 2. The average Bonchev–Trinajstić information content (AvgIpc) is 3.36. The molecule has 0 bridgehead atoms. The van der Waals surface area contributed by atoms with Gasteiger partial charge >= 0.3 is 5.97 Å². The first-order valence-corrected chi connectivity index (χ1v) is 13.8. The van der Waals surface area contributed by atoms with E-state index >= 15 is 0 Å². The summed E-state index contributed by atoms with van der Waals surface area (Å²) in [6.45, 7) is 0. The number of carboxylic acids is 1. The summed E-state index contributed by atoms with van der Waals surface area (Å²) in [5.74, 6) is -1.29. The van der Waals surface area contributed by atoms with Crippen molar-refractivity contribution < 1.29 is 44.9 Å². The molecule has 1 saturated heterocycles. The second-order valence-corrected chi connectivity index (χ2v) is 10.5. The fourth-order valence-electron chi connectivity index (χ4n) is 5.12. The Kier molecular flexibility index (Phi) is 7.89. The number of ether oxygens (including phenoxy) is 2. The van der Waals surface area contributed by atoms with E-state index in [2.05, 4.69) is 0 Å². The zero-order valence-electron chi connectivity index (χ0n) is 23.1. The number of phenols is 2. The van der Waals surface area contributed by atoms with Gasteiger partial charge in [0, 0.05) is 24.6 Å². The molecule has 0 radical (unpaired) electrons. The number of aromatic nitrogens is 3. The van der Waals surface area contributed by atoms with E-state index in [0.717, 1.165) is 11.1 Å². The number of aliphatic hydroxyl groups is 3. The van der Waals surface area contributed by atoms with Crippen molar-refractivity contribution in [1.82, 2.24) is 14.4 Å². The molecule has 3 aromatic carbocycles. The van der Waals surface area contributed by atoms with Crippen LogP contribution in [-0.2, 0) is 22.4 Å². The number of carboxylic acid groups (broad SMARTS) is 1. The van der Waals surface area contributed by atoms with Gasteiger partial charge in [-0.05, 0) is 47.5 Å². The van der Waals surface area contributed by atoms with Crippen molar-refractivity contribution in [2.24, 2.45) is 0 Å². The normalized spacial score (nSPS) is 21.8. The first kappa shape index (κ1) is 29.1. The molecule has 6 rings (SSSR count). The minimum Gasteiger partial charge on any atom is -0.508 e. The Hall–Kier alpha value is -5.01. The van der Waals surface area contributed by atoms with Crippen molar-refractivity contribution in [1.29, 1.82) is 0 Å². The molecule has 5 atom stereocenters. The van der Waals surface area contributed by atoms with E-state index in [-0.39, 0.29) is 23.8 Å². The van der Waals surface area contributed by atoms with Crippen molar-refractivity contribution in [2.75, 3.05) is 0 Å². The number of fused-ring (bicyclic) bond motifs is 1. The lowest BCUT2D eigenvalue weighted by molar-refractivity contribution is -0.272. The average molecular weight is 600 g/mol. The van der Waals surface area contributed by atoms with E-state index < -0.39 is 36.7 Å². The van der Waals surface area contributed by atoms with Crippen molar-refractivity contribution in [3.8, 4) is 28.6 Å². The number of hydrogen-bond acceptors (Lipinski definition) is 10. The van der Waals surface area contributed by atoms with Gasteiger partial charge < -0.3 is 40.1 Å². The molecule has 1 aliphatic rings. The van der Waals surface area contributed by atoms with Gasteiger partial charge in [-0.25, -0.2) is 14.8 Å². The molecule has 6 N–H and O–H groups in total. The molecule has 0 saturated carbocycles. The monoisotopic (exact) mass is 599 g/mol. The third-order valence-electron chi connectivity index (χ3n) is 7.43. The molecule has 0 spiro atoms. The van der Waals surface area contributed by atoms with E-state index in [4.69, 9.17) is 19.4 Å². The van der Waals surface area contributed by atoms with Gasteiger partial charge in [-0.3, -0.25) is 4.40 Å². The summed E-state index contributed by atoms with van der Waals surface area (Å²) in [6.07, 6.45) is -6.84. The Balaban J connectivity index is 1.52. The summed E-state index contributed by atoms with van der Waals surface area (Å²) in [4.78, 5) is 21.5. The second kappa shape index (κ2) is 11.9. The van der Waals surface area contributed by atoms with Crippen LogP contribution in [0.25, 0.3) is 16.9 Å². The number of aliphatic carboxylic acids is 1. The Labute approximate surface area is 250 Å². The Morgan fingerprint density at radius 1 is 0.773 bits per heavy atom. The van der Waals surface area contributed by atoms with Gasteiger partial charge in [0.05, 0.1) is 11.4 Å². The predicted octanol–water partition coefficient (Wildman–Crippen LogP) is 2.26. The lowest BCUT2D eigenvalue weighted by atomic mass is 9.99. The van der Waals surface area contributed by atoms with Crippen LogP contribution in [0.5, 0.6) is 17.4 Å². The van der Waals surface area contributed by atoms with Crippen molar-refractivity contribution in [2.45, 2.75) is 43.5 Å². The van der Waals surface area contributed by atoms with Crippen LogP contribution in [-0.4, -0.2) is 81.7 Å². The highest BCUT2D eigenvalue weighted by molar-refractivity contribution is 5.73. The highest BCUT2D eigenvalue weighted by Gasteiger charge is 2.48. The molecule has 1 aliphatic heterocycles. The molecule has 0 amide bonds. The summed E-state index contributed by atoms with van der Waals surface area (Å²) in [7, 11) is 0. The molecule has 1 fully saturated rings. The van der Waals surface area contributed by atoms with E-state index in [1.165, 1.54) is 24.3 Å². The van der Waals surface area contributed by atoms with Gasteiger partial charge in [0.1, 0.15) is 35.5 Å². The van der Waals surface area contributed by atoms with Gasteiger partial charge in [0.2, 0.25) is 12.2 Å². The maximum atomic E-state index is 11.8. The molecule has 12 heteroatoms. The van der Waals surface area contributed by atoms with Crippen molar-refractivity contribution in [3.05, 3.63) is 108 Å². The van der Waals surface area contributed by atoms with Crippen LogP contribution in [0.1, 0.15) is 22.5 Å². The molecular formula is C32H29N3O9. The standard InChI is InChI=1S/C32H29N3O9/c36-20-10-6-18(7-11-20)15-23-30(44-32-27(40)25(38)26(39)28(43-32)31(41)42)35-16-24(19-8-12-21(37)13-9-19)33-22(29(35)34-23)14-17-4-2-1-3-5-17/h1-13,16,25-28,32,36-40H,14-15H2,(H,41,42)/t25?,26-,27?,28?,32-/m0/s1. The molecule has 44 heavy (non-hydrogen) atoms. The lowest BCUT2D eigenvalue weighted by Gasteiger charge is -2.38. The molecule has 3 heterocycles. The van der Waals surface area contributed by atoms with Gasteiger partial charge in [-0.15, -0.1) is 0 Å². The van der Waals surface area contributed by atoms with Gasteiger partial charge in [-0.1, -0.05) is 42.5 Å². The molecule has 3 unspecified atom stereocenters. The Morgan fingerprint density at radius 2 is 1.39 bits per heavy atom. The highest BCUT2D eigenvalue weighted by Crippen LogP contribution is 2.33. The molecule has 12 nitrogen and oxygen atoms in total.